The molecule has 7 heteroatoms. The Labute approximate surface area is 181 Å². The van der Waals surface area contributed by atoms with E-state index in [9.17, 15) is 4.79 Å². The van der Waals surface area contributed by atoms with E-state index in [-0.39, 0.29) is 18.4 Å². The Morgan fingerprint density at radius 3 is 2.71 bits per heavy atom. The summed E-state index contributed by atoms with van der Waals surface area (Å²) < 4.78 is 0. The van der Waals surface area contributed by atoms with Crippen molar-refractivity contribution in [3.8, 4) is 0 Å². The van der Waals surface area contributed by atoms with Crippen molar-refractivity contribution in [2.24, 2.45) is 0 Å². The lowest BCUT2D eigenvalue weighted by Crippen LogP contribution is -2.32. The average molecular weight is 415 g/mol. The number of carbonyl (C=O) groups is 1. The number of nitrogens with zero attached hydrogens (tertiary/aromatic N) is 4. The van der Waals surface area contributed by atoms with E-state index >= 15 is 0 Å². The molecule has 0 bridgehead atoms. The Bertz CT molecular complexity index is 1190. The van der Waals surface area contributed by atoms with Gasteiger partial charge in [-0.15, -0.1) is 0 Å². The van der Waals surface area contributed by atoms with Crippen molar-refractivity contribution >= 4 is 22.6 Å². The van der Waals surface area contributed by atoms with Crippen molar-refractivity contribution in [3.05, 3.63) is 83.7 Å². The molecular weight excluding hydrogens is 388 g/mol. The van der Waals surface area contributed by atoms with E-state index in [0.717, 1.165) is 33.7 Å². The molecule has 0 saturated carbocycles. The number of hydrogen-bond donors (Lipinski definition) is 2. The first-order chi connectivity index (χ1) is 15.0. The molecule has 3 aromatic heterocycles. The predicted octanol–water partition coefficient (Wildman–Crippen LogP) is 3.37. The predicted molar refractivity (Wildman–Crippen MR) is 122 cm³/mol. The van der Waals surface area contributed by atoms with Gasteiger partial charge in [0.15, 0.2) is 0 Å². The number of fused-ring (bicyclic) bond motifs is 1. The standard InChI is InChI=1S/C24H26N6O/c1-16-27-22(14-23(28-16)30(2)3)21(29-24(31)13-18-8-6-7-11-25-18)12-17-15-26-20-10-5-4-9-19(17)20/h4-11,14-15,21,26H,12-13H2,1-3H3,(H,29,31)/t21-/m1/s1. The molecule has 1 amide bonds. The van der Waals surface area contributed by atoms with Crippen molar-refractivity contribution in [2.45, 2.75) is 25.8 Å². The topological polar surface area (TPSA) is 86.8 Å². The monoisotopic (exact) mass is 414 g/mol. The van der Waals surface area contributed by atoms with Gasteiger partial charge in [0, 0.05) is 55.6 Å². The molecule has 4 rings (SSSR count). The molecule has 4 aromatic rings. The number of carbonyl (C=O) groups excluding carboxylic acids is 1. The number of aromatic amines is 1. The van der Waals surface area contributed by atoms with E-state index in [1.165, 1.54) is 0 Å². The van der Waals surface area contributed by atoms with Crippen LogP contribution in [0.4, 0.5) is 5.82 Å². The summed E-state index contributed by atoms with van der Waals surface area (Å²) in [7, 11) is 3.89. The van der Waals surface area contributed by atoms with Crippen LogP contribution in [0.15, 0.2) is 60.9 Å². The zero-order chi connectivity index (χ0) is 21.8. The molecule has 0 aliphatic carbocycles. The lowest BCUT2D eigenvalue weighted by molar-refractivity contribution is -0.121. The van der Waals surface area contributed by atoms with Gasteiger partial charge >= 0.3 is 0 Å². The number of amides is 1. The van der Waals surface area contributed by atoms with Gasteiger partial charge in [0.25, 0.3) is 0 Å². The summed E-state index contributed by atoms with van der Waals surface area (Å²) >= 11 is 0. The number of rotatable bonds is 7. The largest absolute Gasteiger partial charge is 0.363 e. The maximum atomic E-state index is 12.9. The maximum absolute atomic E-state index is 12.9. The highest BCUT2D eigenvalue weighted by Crippen LogP contribution is 2.25. The zero-order valence-electron chi connectivity index (χ0n) is 18.0. The summed E-state index contributed by atoms with van der Waals surface area (Å²) in [6.45, 7) is 1.87. The van der Waals surface area contributed by atoms with Crippen LogP contribution in [0.2, 0.25) is 0 Å². The van der Waals surface area contributed by atoms with Gasteiger partial charge in [0.1, 0.15) is 11.6 Å². The van der Waals surface area contributed by atoms with Crippen LogP contribution in [0.25, 0.3) is 10.9 Å². The molecule has 1 atom stereocenters. The molecule has 0 fully saturated rings. The van der Waals surface area contributed by atoms with Crippen LogP contribution >= 0.6 is 0 Å². The van der Waals surface area contributed by atoms with E-state index in [1.807, 2.05) is 74.6 Å². The summed E-state index contributed by atoms with van der Waals surface area (Å²) in [6, 6.07) is 15.4. The summed E-state index contributed by atoms with van der Waals surface area (Å²) in [5, 5.41) is 4.32. The van der Waals surface area contributed by atoms with Crippen molar-refractivity contribution in [1.82, 2.24) is 25.3 Å². The molecule has 0 saturated heterocycles. The fourth-order valence-electron chi connectivity index (χ4n) is 3.64. The minimum atomic E-state index is -0.296. The van der Waals surface area contributed by atoms with Crippen LogP contribution in [0, 0.1) is 6.92 Å². The van der Waals surface area contributed by atoms with E-state index in [4.69, 9.17) is 0 Å². The number of benzene rings is 1. The lowest BCUT2D eigenvalue weighted by atomic mass is 10.0. The van der Waals surface area contributed by atoms with Gasteiger partial charge in [-0.05, 0) is 30.7 Å². The van der Waals surface area contributed by atoms with Crippen LogP contribution < -0.4 is 10.2 Å². The number of aryl methyl sites for hydroxylation is 1. The molecule has 158 valence electrons. The Morgan fingerprint density at radius 2 is 1.94 bits per heavy atom. The van der Waals surface area contributed by atoms with E-state index in [1.54, 1.807) is 6.20 Å². The first-order valence-corrected chi connectivity index (χ1v) is 10.3. The number of aromatic nitrogens is 4. The van der Waals surface area contributed by atoms with Crippen molar-refractivity contribution in [1.29, 1.82) is 0 Å². The van der Waals surface area contributed by atoms with Gasteiger partial charge < -0.3 is 15.2 Å². The van der Waals surface area contributed by atoms with Gasteiger partial charge in [-0.2, -0.15) is 0 Å². The Kier molecular flexibility index (Phi) is 5.93. The first-order valence-electron chi connectivity index (χ1n) is 10.3. The molecule has 1 aromatic carbocycles. The summed E-state index contributed by atoms with van der Waals surface area (Å²) in [5.74, 6) is 1.39. The first kappa shape index (κ1) is 20.5. The van der Waals surface area contributed by atoms with Gasteiger partial charge in [-0.25, -0.2) is 9.97 Å². The third-order valence-electron chi connectivity index (χ3n) is 5.16. The van der Waals surface area contributed by atoms with Crippen LogP contribution in [0.1, 0.15) is 28.8 Å². The molecule has 2 N–H and O–H groups in total. The second-order valence-corrected chi connectivity index (χ2v) is 7.77. The fourth-order valence-corrected chi connectivity index (χ4v) is 3.64. The maximum Gasteiger partial charge on any atom is 0.226 e. The van der Waals surface area contributed by atoms with Gasteiger partial charge in [0.05, 0.1) is 18.2 Å². The van der Waals surface area contributed by atoms with Crippen molar-refractivity contribution in [2.75, 3.05) is 19.0 Å². The smallest absolute Gasteiger partial charge is 0.226 e. The molecule has 7 nitrogen and oxygen atoms in total. The van der Waals surface area contributed by atoms with Gasteiger partial charge in [-0.1, -0.05) is 24.3 Å². The van der Waals surface area contributed by atoms with Crippen LogP contribution in [0.3, 0.4) is 0 Å². The molecule has 3 heterocycles. The van der Waals surface area contributed by atoms with E-state index in [0.29, 0.717) is 12.2 Å². The quantitative estimate of drug-likeness (QED) is 0.484. The van der Waals surface area contributed by atoms with Gasteiger partial charge in [-0.3, -0.25) is 9.78 Å². The second-order valence-electron chi connectivity index (χ2n) is 7.77. The molecular formula is C24H26N6O. The van der Waals surface area contributed by atoms with Crippen molar-refractivity contribution in [3.63, 3.8) is 0 Å². The van der Waals surface area contributed by atoms with Gasteiger partial charge in [0.2, 0.25) is 5.91 Å². The third kappa shape index (κ3) is 4.88. The van der Waals surface area contributed by atoms with Crippen molar-refractivity contribution < 1.29 is 4.79 Å². The van der Waals surface area contributed by atoms with E-state index in [2.05, 4.69) is 31.3 Å². The summed E-state index contributed by atoms with van der Waals surface area (Å²) in [4.78, 5) is 31.6. The lowest BCUT2D eigenvalue weighted by Gasteiger charge is -2.21. The number of H-pyrrole nitrogens is 1. The number of para-hydroxylation sites is 1. The minimum absolute atomic E-state index is 0.0915. The van der Waals surface area contributed by atoms with Crippen LogP contribution in [-0.4, -0.2) is 39.9 Å². The molecule has 0 unspecified atom stereocenters. The number of pyridine rings is 1. The SMILES string of the molecule is Cc1nc([C@@H](Cc2c[nH]c3ccccc23)NC(=O)Cc2ccccn2)cc(N(C)C)n1. The Morgan fingerprint density at radius 1 is 1.13 bits per heavy atom. The second kappa shape index (κ2) is 8.95. The molecule has 0 spiro atoms. The average Bonchev–Trinajstić information content (AvgIpc) is 3.16. The molecule has 0 aliphatic rings. The summed E-state index contributed by atoms with van der Waals surface area (Å²) in [6.07, 6.45) is 4.53. The molecule has 31 heavy (non-hydrogen) atoms. The number of hydrogen-bond acceptors (Lipinski definition) is 5. The van der Waals surface area contributed by atoms with E-state index < -0.39 is 0 Å². The molecule has 0 aliphatic heterocycles. The Hall–Kier alpha value is -3.74. The zero-order valence-corrected chi connectivity index (χ0v) is 18.0. The Balaban J connectivity index is 1.65. The highest BCUT2D eigenvalue weighted by atomic mass is 16.1. The molecule has 0 radical (unpaired) electrons. The fraction of sp³-hybridized carbons (Fsp3) is 0.250. The highest BCUT2D eigenvalue weighted by molar-refractivity contribution is 5.83. The minimum Gasteiger partial charge on any atom is -0.363 e. The highest BCUT2D eigenvalue weighted by Gasteiger charge is 2.21. The normalized spacial score (nSPS) is 12.0. The van der Waals surface area contributed by atoms with Crippen LogP contribution in [0.5, 0.6) is 0 Å². The number of anilines is 1. The third-order valence-corrected chi connectivity index (χ3v) is 5.16. The summed E-state index contributed by atoms with van der Waals surface area (Å²) in [5.41, 5.74) is 3.72. The number of nitrogens with one attached hydrogen (secondary N) is 2. The van der Waals surface area contributed by atoms with Crippen LogP contribution in [-0.2, 0) is 17.6 Å².